The summed E-state index contributed by atoms with van der Waals surface area (Å²) in [5, 5.41) is 7.51. The van der Waals surface area contributed by atoms with Crippen molar-refractivity contribution in [1.29, 1.82) is 0 Å². The van der Waals surface area contributed by atoms with Gasteiger partial charge in [0.2, 0.25) is 5.95 Å². The molecule has 0 amide bonds. The summed E-state index contributed by atoms with van der Waals surface area (Å²) in [5.74, 6) is 1.35. The molecule has 1 fully saturated rings. The summed E-state index contributed by atoms with van der Waals surface area (Å²) < 4.78 is 1.77. The van der Waals surface area contributed by atoms with Crippen molar-refractivity contribution in [3.8, 4) is 0 Å². The van der Waals surface area contributed by atoms with Gasteiger partial charge in [-0.1, -0.05) is 6.42 Å². The average molecular weight is 195 g/mol. The maximum Gasteiger partial charge on any atom is 0.239 e. The van der Waals surface area contributed by atoms with E-state index in [0.717, 1.165) is 18.8 Å². The molecule has 0 spiro atoms. The minimum atomic E-state index is 0.373. The lowest BCUT2D eigenvalue weighted by Crippen LogP contribution is -2.36. The normalized spacial score (nSPS) is 22.5. The molecule has 1 aromatic heterocycles. The zero-order valence-electron chi connectivity index (χ0n) is 8.53. The lowest BCUT2D eigenvalue weighted by atomic mass is 10.0. The third kappa shape index (κ3) is 2.04. The number of nitrogens with zero attached hydrogens (tertiary/aromatic N) is 3. The second kappa shape index (κ2) is 3.96. The monoisotopic (exact) mass is 195 g/mol. The molecule has 0 saturated carbocycles. The highest BCUT2D eigenvalue weighted by Gasteiger charge is 2.15. The topological polar surface area (TPSA) is 68.8 Å². The van der Waals surface area contributed by atoms with E-state index in [0.29, 0.717) is 12.0 Å². The zero-order valence-corrected chi connectivity index (χ0v) is 8.53. The Labute approximate surface area is 83.7 Å². The molecule has 0 bridgehead atoms. The Morgan fingerprint density at radius 3 is 3.00 bits per heavy atom. The Morgan fingerprint density at radius 1 is 1.57 bits per heavy atom. The van der Waals surface area contributed by atoms with E-state index in [4.69, 9.17) is 5.73 Å². The first-order chi connectivity index (χ1) is 6.75. The number of anilines is 1. The van der Waals surface area contributed by atoms with Crippen LogP contribution >= 0.6 is 0 Å². The van der Waals surface area contributed by atoms with Crippen LogP contribution in [-0.2, 0) is 13.5 Å². The van der Waals surface area contributed by atoms with Crippen molar-refractivity contribution in [2.45, 2.75) is 31.7 Å². The molecule has 1 saturated heterocycles. The van der Waals surface area contributed by atoms with Crippen molar-refractivity contribution in [3.05, 3.63) is 5.82 Å². The maximum atomic E-state index is 5.52. The van der Waals surface area contributed by atoms with Gasteiger partial charge in [0.05, 0.1) is 0 Å². The summed E-state index contributed by atoms with van der Waals surface area (Å²) in [6, 6.07) is 0.547. The zero-order chi connectivity index (χ0) is 9.97. The van der Waals surface area contributed by atoms with E-state index in [2.05, 4.69) is 15.4 Å². The van der Waals surface area contributed by atoms with E-state index in [1.165, 1.54) is 19.3 Å². The molecule has 1 aromatic rings. The van der Waals surface area contributed by atoms with E-state index in [-0.39, 0.29) is 0 Å². The molecule has 1 aliphatic rings. The largest absolute Gasteiger partial charge is 0.366 e. The third-order valence-corrected chi connectivity index (χ3v) is 2.71. The van der Waals surface area contributed by atoms with Crippen LogP contribution in [0, 0.1) is 0 Å². The van der Waals surface area contributed by atoms with Crippen LogP contribution in [0.25, 0.3) is 0 Å². The number of nitrogens with two attached hydrogens (primary N) is 1. The molecule has 0 aromatic carbocycles. The van der Waals surface area contributed by atoms with Crippen LogP contribution in [0.4, 0.5) is 5.95 Å². The van der Waals surface area contributed by atoms with Crippen molar-refractivity contribution >= 4 is 5.95 Å². The molecule has 1 atom stereocenters. The Bertz CT molecular complexity index is 300. The van der Waals surface area contributed by atoms with Crippen LogP contribution in [0.3, 0.4) is 0 Å². The van der Waals surface area contributed by atoms with Gasteiger partial charge in [-0.15, -0.1) is 5.10 Å². The standard InChI is InChI=1S/C9H17N5/c1-14-8(12-9(10)13-14)6-7-4-2-3-5-11-7/h7,11H,2-6H2,1H3,(H2,10,13). The average Bonchev–Trinajstić information content (AvgIpc) is 2.47. The molecule has 1 aliphatic heterocycles. The van der Waals surface area contributed by atoms with Crippen LogP contribution in [0.15, 0.2) is 0 Å². The first kappa shape index (κ1) is 9.45. The SMILES string of the molecule is Cn1nc(N)nc1CC1CCCCN1. The smallest absolute Gasteiger partial charge is 0.239 e. The van der Waals surface area contributed by atoms with Crippen LogP contribution in [-0.4, -0.2) is 27.4 Å². The molecule has 2 heterocycles. The van der Waals surface area contributed by atoms with Gasteiger partial charge in [0.1, 0.15) is 5.82 Å². The molecular weight excluding hydrogens is 178 g/mol. The highest BCUT2D eigenvalue weighted by atomic mass is 15.4. The molecule has 78 valence electrons. The van der Waals surface area contributed by atoms with Crippen molar-refractivity contribution in [2.75, 3.05) is 12.3 Å². The molecule has 1 unspecified atom stereocenters. The van der Waals surface area contributed by atoms with Gasteiger partial charge in [0.15, 0.2) is 0 Å². The molecular formula is C9H17N5. The van der Waals surface area contributed by atoms with Crippen LogP contribution < -0.4 is 11.1 Å². The number of rotatable bonds is 2. The van der Waals surface area contributed by atoms with Gasteiger partial charge >= 0.3 is 0 Å². The highest BCUT2D eigenvalue weighted by Crippen LogP contribution is 2.11. The minimum absolute atomic E-state index is 0.373. The Morgan fingerprint density at radius 2 is 2.43 bits per heavy atom. The minimum Gasteiger partial charge on any atom is -0.366 e. The van der Waals surface area contributed by atoms with Gasteiger partial charge in [0, 0.05) is 19.5 Å². The summed E-state index contributed by atoms with van der Waals surface area (Å²) in [4.78, 5) is 4.19. The summed E-state index contributed by atoms with van der Waals surface area (Å²) in [5.41, 5.74) is 5.52. The molecule has 0 radical (unpaired) electrons. The number of nitrogens with one attached hydrogen (secondary N) is 1. The van der Waals surface area contributed by atoms with Crippen LogP contribution in [0.1, 0.15) is 25.1 Å². The Hall–Kier alpha value is -1.10. The number of hydrogen-bond donors (Lipinski definition) is 2. The van der Waals surface area contributed by atoms with Crippen LogP contribution in [0.5, 0.6) is 0 Å². The lowest BCUT2D eigenvalue weighted by Gasteiger charge is -2.22. The first-order valence-corrected chi connectivity index (χ1v) is 5.14. The summed E-state index contributed by atoms with van der Waals surface area (Å²) in [6.07, 6.45) is 4.76. The molecule has 2 rings (SSSR count). The van der Waals surface area contributed by atoms with Crippen molar-refractivity contribution in [1.82, 2.24) is 20.1 Å². The Balaban J connectivity index is 1.98. The van der Waals surface area contributed by atoms with Crippen molar-refractivity contribution < 1.29 is 0 Å². The second-order valence-electron chi connectivity index (χ2n) is 3.86. The lowest BCUT2D eigenvalue weighted by molar-refractivity contribution is 0.390. The molecule has 14 heavy (non-hydrogen) atoms. The van der Waals surface area contributed by atoms with E-state index in [1.54, 1.807) is 4.68 Å². The molecule has 5 heteroatoms. The fourth-order valence-corrected chi connectivity index (χ4v) is 1.93. The molecule has 0 aliphatic carbocycles. The van der Waals surface area contributed by atoms with Gasteiger partial charge in [-0.25, -0.2) is 0 Å². The van der Waals surface area contributed by atoms with Gasteiger partial charge in [-0.2, -0.15) is 4.98 Å². The summed E-state index contributed by atoms with van der Waals surface area (Å²) >= 11 is 0. The number of hydrogen-bond acceptors (Lipinski definition) is 4. The van der Waals surface area contributed by atoms with Gasteiger partial charge in [-0.05, 0) is 19.4 Å². The fourth-order valence-electron chi connectivity index (χ4n) is 1.93. The van der Waals surface area contributed by atoms with E-state index >= 15 is 0 Å². The summed E-state index contributed by atoms with van der Waals surface area (Å²) in [7, 11) is 1.89. The number of piperidine rings is 1. The van der Waals surface area contributed by atoms with E-state index < -0.39 is 0 Å². The van der Waals surface area contributed by atoms with Gasteiger partial charge in [-0.3, -0.25) is 4.68 Å². The van der Waals surface area contributed by atoms with Crippen molar-refractivity contribution in [3.63, 3.8) is 0 Å². The fraction of sp³-hybridized carbons (Fsp3) is 0.778. The quantitative estimate of drug-likeness (QED) is 0.701. The maximum absolute atomic E-state index is 5.52. The third-order valence-electron chi connectivity index (χ3n) is 2.71. The van der Waals surface area contributed by atoms with Crippen LogP contribution in [0.2, 0.25) is 0 Å². The van der Waals surface area contributed by atoms with E-state index in [1.807, 2.05) is 7.05 Å². The number of nitrogen functional groups attached to an aromatic ring is 1. The predicted molar refractivity (Wildman–Crippen MR) is 54.8 cm³/mol. The molecule has 5 nitrogen and oxygen atoms in total. The first-order valence-electron chi connectivity index (χ1n) is 5.14. The second-order valence-corrected chi connectivity index (χ2v) is 3.86. The van der Waals surface area contributed by atoms with Crippen molar-refractivity contribution in [2.24, 2.45) is 7.05 Å². The number of aromatic nitrogens is 3. The molecule has 3 N–H and O–H groups in total. The Kier molecular flexibility index (Phi) is 2.67. The highest BCUT2D eigenvalue weighted by molar-refractivity contribution is 5.14. The predicted octanol–water partition coefficient (Wildman–Crippen LogP) is 0.0819. The van der Waals surface area contributed by atoms with E-state index in [9.17, 15) is 0 Å². The summed E-state index contributed by atoms with van der Waals surface area (Å²) in [6.45, 7) is 1.12. The van der Waals surface area contributed by atoms with Gasteiger partial charge in [0.25, 0.3) is 0 Å². The van der Waals surface area contributed by atoms with Gasteiger partial charge < -0.3 is 11.1 Å². The number of aryl methyl sites for hydroxylation is 1.